The second-order valence-electron chi connectivity index (χ2n) is 7.55. The molecule has 0 aromatic rings. The zero-order chi connectivity index (χ0) is 15.4. The van der Waals surface area contributed by atoms with Gasteiger partial charge in [0.05, 0.1) is 5.60 Å². The number of methoxy groups -OCH3 is 1. The Morgan fingerprint density at radius 3 is 2.15 bits per heavy atom. The van der Waals surface area contributed by atoms with Crippen molar-refractivity contribution < 1.29 is 4.74 Å². The van der Waals surface area contributed by atoms with Crippen LogP contribution in [0.25, 0.3) is 0 Å². The van der Waals surface area contributed by atoms with Gasteiger partial charge in [0.25, 0.3) is 0 Å². The second kappa shape index (κ2) is 7.21. The molecule has 1 heterocycles. The minimum atomic E-state index is -0.0512. The van der Waals surface area contributed by atoms with E-state index >= 15 is 0 Å². The van der Waals surface area contributed by atoms with Gasteiger partial charge in [-0.25, -0.2) is 0 Å². The molecule has 1 fully saturated rings. The molecule has 4 nitrogen and oxygen atoms in total. The summed E-state index contributed by atoms with van der Waals surface area (Å²) < 4.78 is 5.51. The molecule has 120 valence electrons. The predicted octanol–water partition coefficient (Wildman–Crippen LogP) is 1.81. The number of nitrogens with zero attached hydrogens (tertiary/aromatic N) is 2. The molecule has 0 radical (unpaired) electrons. The van der Waals surface area contributed by atoms with Crippen LogP contribution in [0.4, 0.5) is 0 Å². The standard InChI is InChI=1S/C16H35N3O/c1-14(12-16(4,5)20-7)17-13-15(2,3)19-10-8-18(6)9-11-19/h14,17H,8-13H2,1-7H3. The van der Waals surface area contributed by atoms with Crippen LogP contribution in [-0.4, -0.2) is 73.9 Å². The molecule has 0 aliphatic carbocycles. The number of hydrogen-bond acceptors (Lipinski definition) is 4. The number of piperazine rings is 1. The molecule has 1 atom stereocenters. The van der Waals surface area contributed by atoms with E-state index in [2.05, 4.69) is 56.8 Å². The summed E-state index contributed by atoms with van der Waals surface area (Å²) in [7, 11) is 4.00. The third-order valence-corrected chi connectivity index (χ3v) is 4.59. The highest BCUT2D eigenvalue weighted by Crippen LogP contribution is 2.18. The molecule has 1 saturated heterocycles. The lowest BCUT2D eigenvalue weighted by Crippen LogP contribution is -2.58. The summed E-state index contributed by atoms with van der Waals surface area (Å²) >= 11 is 0. The summed E-state index contributed by atoms with van der Waals surface area (Å²) in [5, 5.41) is 3.69. The molecule has 4 heteroatoms. The number of hydrogen-bond donors (Lipinski definition) is 1. The molecule has 0 spiro atoms. The lowest BCUT2D eigenvalue weighted by Gasteiger charge is -2.44. The first-order valence-electron chi connectivity index (χ1n) is 7.88. The number of likely N-dealkylation sites (N-methyl/N-ethyl adjacent to an activating group) is 1. The van der Waals surface area contributed by atoms with Gasteiger partial charge >= 0.3 is 0 Å². The first-order valence-corrected chi connectivity index (χ1v) is 7.88. The largest absolute Gasteiger partial charge is 0.379 e. The Morgan fingerprint density at radius 1 is 1.10 bits per heavy atom. The van der Waals surface area contributed by atoms with Gasteiger partial charge in [-0.05, 0) is 48.1 Å². The van der Waals surface area contributed by atoms with Gasteiger partial charge in [0, 0.05) is 51.4 Å². The molecule has 1 unspecified atom stereocenters. The van der Waals surface area contributed by atoms with E-state index < -0.39 is 0 Å². The van der Waals surface area contributed by atoms with Crippen LogP contribution in [-0.2, 0) is 4.74 Å². The fourth-order valence-electron chi connectivity index (χ4n) is 2.84. The van der Waals surface area contributed by atoms with Crippen molar-refractivity contribution in [3.8, 4) is 0 Å². The van der Waals surface area contributed by atoms with Gasteiger partial charge < -0.3 is 15.0 Å². The van der Waals surface area contributed by atoms with E-state index in [0.717, 1.165) is 13.0 Å². The van der Waals surface area contributed by atoms with Crippen molar-refractivity contribution >= 4 is 0 Å². The van der Waals surface area contributed by atoms with Crippen molar-refractivity contribution in [2.75, 3.05) is 46.9 Å². The van der Waals surface area contributed by atoms with Crippen LogP contribution >= 0.6 is 0 Å². The van der Waals surface area contributed by atoms with E-state index in [9.17, 15) is 0 Å². The third-order valence-electron chi connectivity index (χ3n) is 4.59. The van der Waals surface area contributed by atoms with Crippen molar-refractivity contribution in [2.45, 2.75) is 58.2 Å². The highest BCUT2D eigenvalue weighted by atomic mass is 16.5. The Balaban J connectivity index is 2.39. The van der Waals surface area contributed by atoms with Crippen molar-refractivity contribution in [1.29, 1.82) is 0 Å². The summed E-state index contributed by atoms with van der Waals surface area (Å²) in [5.74, 6) is 0. The molecule has 1 aliphatic rings. The van der Waals surface area contributed by atoms with Crippen molar-refractivity contribution in [1.82, 2.24) is 15.1 Å². The maximum atomic E-state index is 5.51. The molecule has 1 rings (SSSR count). The van der Waals surface area contributed by atoms with Gasteiger partial charge in [-0.3, -0.25) is 4.90 Å². The van der Waals surface area contributed by atoms with Crippen LogP contribution in [0.3, 0.4) is 0 Å². The maximum absolute atomic E-state index is 5.51. The molecule has 20 heavy (non-hydrogen) atoms. The van der Waals surface area contributed by atoms with Crippen LogP contribution in [0.15, 0.2) is 0 Å². The summed E-state index contributed by atoms with van der Waals surface area (Å²) in [6, 6.07) is 0.469. The fourth-order valence-corrected chi connectivity index (χ4v) is 2.84. The Hall–Kier alpha value is -0.160. The van der Waals surface area contributed by atoms with E-state index in [4.69, 9.17) is 4.74 Å². The Morgan fingerprint density at radius 2 is 1.65 bits per heavy atom. The molecule has 1 N–H and O–H groups in total. The normalized spacial score (nSPS) is 21.1. The van der Waals surface area contributed by atoms with E-state index in [1.165, 1.54) is 26.2 Å². The zero-order valence-corrected chi connectivity index (χ0v) is 14.6. The van der Waals surface area contributed by atoms with E-state index in [0.29, 0.717) is 6.04 Å². The SMILES string of the molecule is COC(C)(C)CC(C)NCC(C)(C)N1CCN(C)CC1. The zero-order valence-electron chi connectivity index (χ0n) is 14.6. The average Bonchev–Trinajstić information content (AvgIpc) is 2.37. The molecule has 1 aliphatic heterocycles. The first-order chi connectivity index (χ1) is 9.16. The van der Waals surface area contributed by atoms with Crippen LogP contribution in [0.2, 0.25) is 0 Å². The predicted molar refractivity (Wildman–Crippen MR) is 86.3 cm³/mol. The van der Waals surface area contributed by atoms with E-state index in [-0.39, 0.29) is 11.1 Å². The van der Waals surface area contributed by atoms with Gasteiger partial charge in [-0.15, -0.1) is 0 Å². The molecule has 0 aromatic heterocycles. The van der Waals surface area contributed by atoms with Crippen molar-refractivity contribution in [2.24, 2.45) is 0 Å². The molecular weight excluding hydrogens is 250 g/mol. The number of rotatable bonds is 7. The molecule has 0 amide bonds. The third kappa shape index (κ3) is 5.68. The summed E-state index contributed by atoms with van der Waals surface area (Å²) in [5.41, 5.74) is 0.164. The average molecular weight is 285 g/mol. The monoisotopic (exact) mass is 285 g/mol. The minimum absolute atomic E-state index is 0.0512. The Kier molecular flexibility index (Phi) is 6.45. The number of ether oxygens (including phenoxy) is 1. The molecule has 0 saturated carbocycles. The fraction of sp³-hybridized carbons (Fsp3) is 1.00. The number of nitrogens with one attached hydrogen (secondary N) is 1. The van der Waals surface area contributed by atoms with Crippen LogP contribution in [0.5, 0.6) is 0 Å². The van der Waals surface area contributed by atoms with Gasteiger partial charge in [-0.1, -0.05) is 0 Å². The summed E-state index contributed by atoms with van der Waals surface area (Å²) in [6.45, 7) is 17.0. The van der Waals surface area contributed by atoms with Gasteiger partial charge in [-0.2, -0.15) is 0 Å². The van der Waals surface area contributed by atoms with Crippen LogP contribution in [0.1, 0.15) is 41.0 Å². The minimum Gasteiger partial charge on any atom is -0.379 e. The Bertz CT molecular complexity index is 283. The van der Waals surface area contributed by atoms with Gasteiger partial charge in [0.15, 0.2) is 0 Å². The highest BCUT2D eigenvalue weighted by molar-refractivity contribution is 4.88. The maximum Gasteiger partial charge on any atom is 0.0637 e. The van der Waals surface area contributed by atoms with E-state index in [1.807, 2.05) is 0 Å². The lowest BCUT2D eigenvalue weighted by molar-refractivity contribution is 0.00597. The molecule has 0 bridgehead atoms. The summed E-state index contributed by atoms with van der Waals surface area (Å²) in [6.07, 6.45) is 1.03. The topological polar surface area (TPSA) is 27.7 Å². The van der Waals surface area contributed by atoms with Crippen LogP contribution < -0.4 is 5.32 Å². The molecule has 0 aromatic carbocycles. The van der Waals surface area contributed by atoms with Crippen molar-refractivity contribution in [3.63, 3.8) is 0 Å². The first kappa shape index (κ1) is 17.9. The van der Waals surface area contributed by atoms with E-state index in [1.54, 1.807) is 7.11 Å². The highest BCUT2D eigenvalue weighted by Gasteiger charge is 2.29. The van der Waals surface area contributed by atoms with Gasteiger partial charge in [0.2, 0.25) is 0 Å². The quantitative estimate of drug-likeness (QED) is 0.772. The Labute approximate surface area is 125 Å². The van der Waals surface area contributed by atoms with Gasteiger partial charge in [0.1, 0.15) is 0 Å². The van der Waals surface area contributed by atoms with Crippen molar-refractivity contribution in [3.05, 3.63) is 0 Å². The lowest BCUT2D eigenvalue weighted by atomic mass is 9.97. The molecular formula is C16H35N3O. The van der Waals surface area contributed by atoms with Crippen LogP contribution in [0, 0.1) is 0 Å². The smallest absolute Gasteiger partial charge is 0.0637 e. The second-order valence-corrected chi connectivity index (χ2v) is 7.55. The summed E-state index contributed by atoms with van der Waals surface area (Å²) in [4.78, 5) is 5.01.